The van der Waals surface area contributed by atoms with Crippen LogP contribution in [0.5, 0.6) is 0 Å². The van der Waals surface area contributed by atoms with Gasteiger partial charge in [-0.25, -0.2) is 0 Å². The molecule has 0 spiro atoms. The molecule has 3 nitrogen and oxygen atoms in total. The molecule has 2 aliphatic rings. The van der Waals surface area contributed by atoms with Crippen molar-refractivity contribution in [2.45, 2.75) is 91.4 Å². The molecule has 2 amide bonds. The predicted octanol–water partition coefficient (Wildman–Crippen LogP) is 4.94. The van der Waals surface area contributed by atoms with E-state index in [9.17, 15) is 9.59 Å². The third kappa shape index (κ3) is 8.90. The number of carbonyl (C=O) groups is 2. The van der Waals surface area contributed by atoms with Gasteiger partial charge in [-0.05, 0) is 12.8 Å². The van der Waals surface area contributed by atoms with E-state index < -0.39 is 0 Å². The lowest BCUT2D eigenvalue weighted by Gasteiger charge is -2.24. The summed E-state index contributed by atoms with van der Waals surface area (Å²) in [5.41, 5.74) is 0. The van der Waals surface area contributed by atoms with E-state index in [0.717, 1.165) is 25.7 Å². The Labute approximate surface area is 131 Å². The Morgan fingerprint density at radius 2 is 1.10 bits per heavy atom. The molecule has 3 heteroatoms. The molecule has 2 fully saturated rings. The summed E-state index contributed by atoms with van der Waals surface area (Å²) in [5, 5.41) is 0. The first-order chi connectivity index (χ1) is 10.1. The molecule has 0 unspecified atom stereocenters. The molecule has 0 N–H and O–H groups in total. The minimum absolute atomic E-state index is 0.00667. The van der Waals surface area contributed by atoms with Crippen LogP contribution in [0.4, 0.5) is 0 Å². The number of hydrogen-bond donors (Lipinski definition) is 0. The molecule has 2 saturated carbocycles. The zero-order chi connectivity index (χ0) is 16.1. The third-order valence-electron chi connectivity index (χ3n) is 4.26. The van der Waals surface area contributed by atoms with Gasteiger partial charge < -0.3 is 0 Å². The van der Waals surface area contributed by atoms with Crippen LogP contribution in [-0.2, 0) is 9.59 Å². The SMILES string of the molecule is C1CCCCC1.CC.CC(=O)N(C)C(=O)C1CCCCC1. The molecule has 0 aromatic carbocycles. The largest absolute Gasteiger partial charge is 0.286 e. The Balaban J connectivity index is 0.000000416. The summed E-state index contributed by atoms with van der Waals surface area (Å²) in [6.07, 6.45) is 14.4. The van der Waals surface area contributed by atoms with Crippen molar-refractivity contribution in [3.05, 3.63) is 0 Å². The molecule has 0 aliphatic heterocycles. The number of carbonyl (C=O) groups excluding carboxylic acids is 2. The summed E-state index contributed by atoms with van der Waals surface area (Å²) < 4.78 is 0. The van der Waals surface area contributed by atoms with Crippen LogP contribution in [0.15, 0.2) is 0 Å². The monoisotopic (exact) mass is 297 g/mol. The van der Waals surface area contributed by atoms with Crippen molar-refractivity contribution < 1.29 is 9.59 Å². The van der Waals surface area contributed by atoms with Crippen LogP contribution < -0.4 is 0 Å². The van der Waals surface area contributed by atoms with Gasteiger partial charge in [0.2, 0.25) is 11.8 Å². The van der Waals surface area contributed by atoms with E-state index in [1.807, 2.05) is 13.8 Å². The molecule has 0 atom stereocenters. The van der Waals surface area contributed by atoms with Crippen LogP contribution in [0.25, 0.3) is 0 Å². The summed E-state index contributed by atoms with van der Waals surface area (Å²) in [5.74, 6) is -0.0505. The van der Waals surface area contributed by atoms with Crippen LogP contribution in [0.2, 0.25) is 0 Å². The summed E-state index contributed by atoms with van der Waals surface area (Å²) in [4.78, 5) is 23.8. The lowest BCUT2D eigenvalue weighted by molar-refractivity contribution is -0.145. The van der Waals surface area contributed by atoms with Gasteiger partial charge in [0, 0.05) is 19.9 Å². The van der Waals surface area contributed by atoms with Gasteiger partial charge >= 0.3 is 0 Å². The fourth-order valence-corrected chi connectivity index (χ4v) is 2.84. The molecule has 2 rings (SSSR count). The Hall–Kier alpha value is -0.860. The van der Waals surface area contributed by atoms with Gasteiger partial charge in [-0.1, -0.05) is 71.6 Å². The number of rotatable bonds is 1. The van der Waals surface area contributed by atoms with Crippen LogP contribution >= 0.6 is 0 Å². The quantitative estimate of drug-likeness (QED) is 0.687. The number of amides is 2. The molecule has 0 saturated heterocycles. The van der Waals surface area contributed by atoms with E-state index in [1.165, 1.54) is 56.8 Å². The molecule has 0 aromatic heterocycles. The highest BCUT2D eigenvalue weighted by atomic mass is 16.2. The van der Waals surface area contributed by atoms with Gasteiger partial charge in [-0.15, -0.1) is 0 Å². The van der Waals surface area contributed by atoms with E-state index in [1.54, 1.807) is 7.05 Å². The maximum Gasteiger partial charge on any atom is 0.232 e. The number of hydrogen-bond acceptors (Lipinski definition) is 2. The highest BCUT2D eigenvalue weighted by molar-refractivity contribution is 5.94. The molecular weight excluding hydrogens is 262 g/mol. The molecule has 0 heterocycles. The topological polar surface area (TPSA) is 37.4 Å². The standard InChI is InChI=1S/C10H17NO2.C6H12.C2H6/c1-8(12)11(2)10(13)9-6-4-3-5-7-9;1-2-4-6-5-3-1;1-2/h9H,3-7H2,1-2H3;1-6H2;1-2H3. The van der Waals surface area contributed by atoms with Crippen molar-refractivity contribution in [2.75, 3.05) is 7.05 Å². The normalized spacial score (nSPS) is 18.5. The first-order valence-corrected chi connectivity index (χ1v) is 8.91. The number of nitrogens with zero attached hydrogens (tertiary/aromatic N) is 1. The molecular formula is C18H35NO2. The third-order valence-corrected chi connectivity index (χ3v) is 4.26. The van der Waals surface area contributed by atoms with E-state index in [4.69, 9.17) is 0 Å². The molecule has 21 heavy (non-hydrogen) atoms. The van der Waals surface area contributed by atoms with E-state index in [-0.39, 0.29) is 17.7 Å². The summed E-state index contributed by atoms with van der Waals surface area (Å²) in [7, 11) is 1.57. The molecule has 0 aromatic rings. The van der Waals surface area contributed by atoms with Gasteiger partial charge in [0.15, 0.2) is 0 Å². The fraction of sp³-hybridized carbons (Fsp3) is 0.889. The second-order valence-electron chi connectivity index (χ2n) is 5.87. The lowest BCUT2D eigenvalue weighted by atomic mass is 9.88. The van der Waals surface area contributed by atoms with Crippen LogP contribution in [0, 0.1) is 5.92 Å². The second-order valence-corrected chi connectivity index (χ2v) is 5.87. The van der Waals surface area contributed by atoms with Crippen LogP contribution in [-0.4, -0.2) is 23.8 Å². The second kappa shape index (κ2) is 12.8. The summed E-state index contributed by atoms with van der Waals surface area (Å²) in [6, 6.07) is 0. The minimum atomic E-state index is -0.157. The van der Waals surface area contributed by atoms with Crippen molar-refractivity contribution in [3.63, 3.8) is 0 Å². The van der Waals surface area contributed by atoms with Gasteiger partial charge in [0.1, 0.15) is 0 Å². The zero-order valence-electron chi connectivity index (χ0n) is 14.6. The van der Waals surface area contributed by atoms with E-state index in [2.05, 4.69) is 0 Å². The van der Waals surface area contributed by atoms with Gasteiger partial charge in [-0.3, -0.25) is 14.5 Å². The zero-order valence-corrected chi connectivity index (χ0v) is 14.6. The highest BCUT2D eigenvalue weighted by Gasteiger charge is 2.25. The van der Waals surface area contributed by atoms with Crippen molar-refractivity contribution in [2.24, 2.45) is 5.92 Å². The van der Waals surface area contributed by atoms with E-state index in [0.29, 0.717) is 0 Å². The van der Waals surface area contributed by atoms with Gasteiger partial charge in [0.05, 0.1) is 0 Å². The predicted molar refractivity (Wildman–Crippen MR) is 89.1 cm³/mol. The average Bonchev–Trinajstić information content (AvgIpc) is 2.58. The van der Waals surface area contributed by atoms with Crippen molar-refractivity contribution in [3.8, 4) is 0 Å². The van der Waals surface area contributed by atoms with Crippen LogP contribution in [0.1, 0.15) is 91.4 Å². The fourth-order valence-electron chi connectivity index (χ4n) is 2.84. The highest BCUT2D eigenvalue weighted by Crippen LogP contribution is 2.25. The Morgan fingerprint density at radius 1 is 0.762 bits per heavy atom. The molecule has 2 aliphatic carbocycles. The molecule has 0 radical (unpaired) electrons. The van der Waals surface area contributed by atoms with Crippen molar-refractivity contribution in [1.29, 1.82) is 0 Å². The number of imide groups is 1. The molecule has 0 bridgehead atoms. The smallest absolute Gasteiger partial charge is 0.232 e. The average molecular weight is 297 g/mol. The van der Waals surface area contributed by atoms with Crippen LogP contribution in [0.3, 0.4) is 0 Å². The first kappa shape index (κ1) is 20.1. The van der Waals surface area contributed by atoms with Gasteiger partial charge in [0.25, 0.3) is 0 Å². The van der Waals surface area contributed by atoms with E-state index >= 15 is 0 Å². The maximum absolute atomic E-state index is 11.6. The lowest BCUT2D eigenvalue weighted by Crippen LogP contribution is -2.36. The minimum Gasteiger partial charge on any atom is -0.286 e. The molecule has 124 valence electrons. The first-order valence-electron chi connectivity index (χ1n) is 8.91. The van der Waals surface area contributed by atoms with Crippen molar-refractivity contribution >= 4 is 11.8 Å². The Kier molecular flexibility index (Phi) is 12.3. The van der Waals surface area contributed by atoms with Crippen molar-refractivity contribution in [1.82, 2.24) is 4.90 Å². The Morgan fingerprint density at radius 3 is 1.43 bits per heavy atom. The van der Waals surface area contributed by atoms with Gasteiger partial charge in [-0.2, -0.15) is 0 Å². The Bertz CT molecular complexity index is 267. The summed E-state index contributed by atoms with van der Waals surface area (Å²) in [6.45, 7) is 5.43. The summed E-state index contributed by atoms with van der Waals surface area (Å²) >= 11 is 0. The maximum atomic E-state index is 11.6.